The second-order valence-corrected chi connectivity index (χ2v) is 6.46. The number of nitrogens with zero attached hydrogens (tertiary/aromatic N) is 2. The Morgan fingerprint density at radius 3 is 2.52 bits per heavy atom. The number of nitrogens with one attached hydrogen (secondary N) is 1. The Hall–Kier alpha value is -3.13. The Balaban J connectivity index is 1.43. The molecule has 3 aromatic rings. The summed E-state index contributed by atoms with van der Waals surface area (Å²) < 4.78 is 16.3. The SMILES string of the molecule is COc1ccccc1OCC(=O)Nc1nnc(CCOc2ccccc2)s1. The van der Waals surface area contributed by atoms with E-state index in [1.165, 1.54) is 11.3 Å². The van der Waals surface area contributed by atoms with Crippen LogP contribution in [0, 0.1) is 0 Å². The third kappa shape index (κ3) is 5.68. The molecule has 2 aromatic carbocycles. The first-order valence-corrected chi connectivity index (χ1v) is 9.12. The molecule has 7 nitrogen and oxygen atoms in total. The van der Waals surface area contributed by atoms with Crippen molar-refractivity contribution in [2.75, 3.05) is 25.6 Å². The molecular formula is C19H19N3O4S. The van der Waals surface area contributed by atoms with E-state index in [-0.39, 0.29) is 12.5 Å². The van der Waals surface area contributed by atoms with Crippen LogP contribution in [-0.4, -0.2) is 36.4 Å². The van der Waals surface area contributed by atoms with Crippen molar-refractivity contribution >= 4 is 22.4 Å². The van der Waals surface area contributed by atoms with Gasteiger partial charge in [-0.25, -0.2) is 0 Å². The van der Waals surface area contributed by atoms with Crippen molar-refractivity contribution in [3.63, 3.8) is 0 Å². The van der Waals surface area contributed by atoms with Gasteiger partial charge in [-0.2, -0.15) is 0 Å². The lowest BCUT2D eigenvalue weighted by molar-refractivity contribution is -0.118. The summed E-state index contributed by atoms with van der Waals surface area (Å²) in [4.78, 5) is 12.0. The van der Waals surface area contributed by atoms with Gasteiger partial charge < -0.3 is 14.2 Å². The van der Waals surface area contributed by atoms with Crippen LogP contribution in [0.4, 0.5) is 5.13 Å². The molecule has 8 heteroatoms. The van der Waals surface area contributed by atoms with Gasteiger partial charge in [0.05, 0.1) is 13.7 Å². The molecule has 0 bridgehead atoms. The van der Waals surface area contributed by atoms with Gasteiger partial charge in [0.25, 0.3) is 5.91 Å². The van der Waals surface area contributed by atoms with Gasteiger partial charge in [0.15, 0.2) is 18.1 Å². The monoisotopic (exact) mass is 385 g/mol. The summed E-state index contributed by atoms with van der Waals surface area (Å²) in [6.07, 6.45) is 0.611. The first-order valence-electron chi connectivity index (χ1n) is 8.30. The minimum atomic E-state index is -0.316. The van der Waals surface area contributed by atoms with E-state index in [4.69, 9.17) is 14.2 Å². The highest BCUT2D eigenvalue weighted by Gasteiger charge is 2.10. The molecule has 0 saturated carbocycles. The maximum Gasteiger partial charge on any atom is 0.264 e. The molecular weight excluding hydrogens is 366 g/mol. The standard InChI is InChI=1S/C19H19N3O4S/c1-24-15-9-5-6-10-16(15)26-13-17(23)20-19-22-21-18(27-19)11-12-25-14-7-3-2-4-8-14/h2-10H,11-13H2,1H3,(H,20,22,23). The number of amides is 1. The highest BCUT2D eigenvalue weighted by molar-refractivity contribution is 7.15. The van der Waals surface area contributed by atoms with E-state index < -0.39 is 0 Å². The number of carbonyl (C=O) groups is 1. The van der Waals surface area contributed by atoms with E-state index in [0.717, 1.165) is 10.8 Å². The predicted molar refractivity (Wildman–Crippen MR) is 103 cm³/mol. The summed E-state index contributed by atoms with van der Waals surface area (Å²) in [7, 11) is 1.55. The van der Waals surface area contributed by atoms with E-state index >= 15 is 0 Å². The minimum Gasteiger partial charge on any atom is -0.493 e. The fourth-order valence-electron chi connectivity index (χ4n) is 2.21. The van der Waals surface area contributed by atoms with E-state index in [9.17, 15) is 4.79 Å². The van der Waals surface area contributed by atoms with Crippen molar-refractivity contribution in [2.45, 2.75) is 6.42 Å². The van der Waals surface area contributed by atoms with Gasteiger partial charge in [-0.15, -0.1) is 10.2 Å². The molecule has 0 aliphatic carbocycles. The van der Waals surface area contributed by atoms with Crippen molar-refractivity contribution in [3.05, 3.63) is 59.6 Å². The summed E-state index contributed by atoms with van der Waals surface area (Å²) in [5.74, 6) is 1.57. The summed E-state index contributed by atoms with van der Waals surface area (Å²) in [6.45, 7) is 0.343. The summed E-state index contributed by atoms with van der Waals surface area (Å²) in [5.41, 5.74) is 0. The fourth-order valence-corrected chi connectivity index (χ4v) is 2.95. The molecule has 140 valence electrons. The molecule has 0 radical (unpaired) electrons. The summed E-state index contributed by atoms with van der Waals surface area (Å²) in [5, 5.41) is 11.9. The predicted octanol–water partition coefficient (Wildman–Crippen LogP) is 3.19. The number of methoxy groups -OCH3 is 1. The van der Waals surface area contributed by atoms with Crippen molar-refractivity contribution in [3.8, 4) is 17.2 Å². The topological polar surface area (TPSA) is 82.6 Å². The van der Waals surface area contributed by atoms with Crippen LogP contribution in [0.5, 0.6) is 17.2 Å². The van der Waals surface area contributed by atoms with Gasteiger partial charge in [-0.1, -0.05) is 41.7 Å². The Morgan fingerprint density at radius 1 is 1.00 bits per heavy atom. The van der Waals surface area contributed by atoms with Crippen LogP contribution >= 0.6 is 11.3 Å². The normalized spacial score (nSPS) is 10.3. The second kappa shape index (κ2) is 9.54. The van der Waals surface area contributed by atoms with Crippen molar-refractivity contribution < 1.29 is 19.0 Å². The Labute approximate surface area is 160 Å². The number of anilines is 1. The average molecular weight is 385 g/mol. The summed E-state index contributed by atoms with van der Waals surface area (Å²) >= 11 is 1.31. The molecule has 1 N–H and O–H groups in total. The van der Waals surface area contributed by atoms with Crippen molar-refractivity contribution in [1.29, 1.82) is 0 Å². The van der Waals surface area contributed by atoms with Gasteiger partial charge in [0.2, 0.25) is 5.13 Å². The molecule has 0 aliphatic rings. The van der Waals surface area contributed by atoms with Crippen LogP contribution in [0.1, 0.15) is 5.01 Å². The van der Waals surface area contributed by atoms with E-state index in [0.29, 0.717) is 29.7 Å². The molecule has 1 amide bonds. The van der Waals surface area contributed by atoms with Gasteiger partial charge in [-0.05, 0) is 24.3 Å². The number of rotatable bonds is 9. The van der Waals surface area contributed by atoms with Crippen LogP contribution in [0.25, 0.3) is 0 Å². The number of ether oxygens (including phenoxy) is 3. The molecule has 0 saturated heterocycles. The Bertz CT molecular complexity index is 870. The lowest BCUT2D eigenvalue weighted by atomic mass is 10.3. The number of hydrogen-bond donors (Lipinski definition) is 1. The third-order valence-electron chi connectivity index (χ3n) is 3.47. The van der Waals surface area contributed by atoms with Crippen molar-refractivity contribution in [1.82, 2.24) is 10.2 Å². The van der Waals surface area contributed by atoms with Gasteiger partial charge >= 0.3 is 0 Å². The highest BCUT2D eigenvalue weighted by Crippen LogP contribution is 2.25. The number of aromatic nitrogens is 2. The lowest BCUT2D eigenvalue weighted by Gasteiger charge is -2.09. The van der Waals surface area contributed by atoms with E-state index in [2.05, 4.69) is 15.5 Å². The van der Waals surface area contributed by atoms with Crippen LogP contribution in [0.3, 0.4) is 0 Å². The lowest BCUT2D eigenvalue weighted by Crippen LogP contribution is -2.20. The number of hydrogen-bond acceptors (Lipinski definition) is 7. The molecule has 0 unspecified atom stereocenters. The van der Waals surface area contributed by atoms with Gasteiger partial charge in [0.1, 0.15) is 10.8 Å². The first kappa shape index (κ1) is 18.7. The van der Waals surface area contributed by atoms with Crippen LogP contribution < -0.4 is 19.5 Å². The maximum absolute atomic E-state index is 12.0. The van der Waals surface area contributed by atoms with Gasteiger partial charge in [-0.3, -0.25) is 10.1 Å². The zero-order valence-electron chi connectivity index (χ0n) is 14.8. The number of benzene rings is 2. The smallest absolute Gasteiger partial charge is 0.264 e. The fraction of sp³-hybridized carbons (Fsp3) is 0.211. The van der Waals surface area contributed by atoms with Crippen LogP contribution in [0.2, 0.25) is 0 Å². The molecule has 1 aromatic heterocycles. The number of carbonyl (C=O) groups excluding carboxylic acids is 1. The molecule has 0 spiro atoms. The third-order valence-corrected chi connectivity index (χ3v) is 4.37. The Morgan fingerprint density at radius 2 is 1.74 bits per heavy atom. The maximum atomic E-state index is 12.0. The molecule has 27 heavy (non-hydrogen) atoms. The molecule has 0 fully saturated rings. The van der Waals surface area contributed by atoms with E-state index in [1.54, 1.807) is 19.2 Å². The molecule has 0 aliphatic heterocycles. The number of para-hydroxylation sites is 3. The van der Waals surface area contributed by atoms with Crippen LogP contribution in [0.15, 0.2) is 54.6 Å². The zero-order valence-corrected chi connectivity index (χ0v) is 15.6. The minimum absolute atomic E-state index is 0.146. The van der Waals surface area contributed by atoms with Crippen molar-refractivity contribution in [2.24, 2.45) is 0 Å². The molecule has 3 rings (SSSR count). The average Bonchev–Trinajstić information content (AvgIpc) is 3.14. The quantitative estimate of drug-likeness (QED) is 0.609. The summed E-state index contributed by atoms with van der Waals surface area (Å²) in [6, 6.07) is 16.7. The molecule has 1 heterocycles. The highest BCUT2D eigenvalue weighted by atomic mass is 32.1. The Kier molecular flexibility index (Phi) is 6.59. The van der Waals surface area contributed by atoms with E-state index in [1.807, 2.05) is 42.5 Å². The second-order valence-electron chi connectivity index (χ2n) is 5.40. The zero-order chi connectivity index (χ0) is 18.9. The largest absolute Gasteiger partial charge is 0.493 e. The first-order chi connectivity index (χ1) is 13.2. The molecule has 0 atom stereocenters. The van der Waals surface area contributed by atoms with Gasteiger partial charge in [0, 0.05) is 6.42 Å². The van der Waals surface area contributed by atoms with Crippen LogP contribution in [-0.2, 0) is 11.2 Å².